The molecule has 4 heteroatoms. The van der Waals surface area contributed by atoms with E-state index in [2.05, 4.69) is 5.92 Å². The van der Waals surface area contributed by atoms with E-state index in [-0.39, 0.29) is 4.90 Å². The van der Waals surface area contributed by atoms with Gasteiger partial charge in [-0.1, -0.05) is 5.92 Å². The van der Waals surface area contributed by atoms with E-state index in [1.54, 1.807) is 12.1 Å². The van der Waals surface area contributed by atoms with Gasteiger partial charge in [-0.15, -0.1) is 6.42 Å². The lowest BCUT2D eigenvalue weighted by atomic mass is 10.2. The van der Waals surface area contributed by atoms with Gasteiger partial charge < -0.3 is 4.74 Å². The first kappa shape index (κ1) is 10.6. The monoisotopic (exact) mass is 210 g/mol. The van der Waals surface area contributed by atoms with Gasteiger partial charge in [0.25, 0.3) is 0 Å². The van der Waals surface area contributed by atoms with Crippen molar-refractivity contribution in [2.24, 2.45) is 0 Å². The number of terminal acetylenes is 1. The summed E-state index contributed by atoms with van der Waals surface area (Å²) in [4.78, 5) is 0.124. The van der Waals surface area contributed by atoms with Gasteiger partial charge in [-0.3, -0.25) is 0 Å². The maximum atomic E-state index is 11.3. The Morgan fingerprint density at radius 1 is 1.43 bits per heavy atom. The molecule has 0 N–H and O–H groups in total. The predicted molar refractivity (Wildman–Crippen MR) is 54.0 cm³/mol. The average molecular weight is 210 g/mol. The quantitative estimate of drug-likeness (QED) is 0.686. The largest absolute Gasteiger partial charge is 0.497 e. The summed E-state index contributed by atoms with van der Waals surface area (Å²) in [6.45, 7) is 0. The van der Waals surface area contributed by atoms with Crippen LogP contribution < -0.4 is 4.74 Å². The maximum Gasteiger partial charge on any atom is 0.176 e. The molecule has 0 spiro atoms. The number of hydrogen-bond acceptors (Lipinski definition) is 3. The Morgan fingerprint density at radius 2 is 2.07 bits per heavy atom. The molecular weight excluding hydrogens is 200 g/mol. The SMILES string of the molecule is C#Cc1ccc(OC)cc1S(C)(=O)=O. The lowest BCUT2D eigenvalue weighted by molar-refractivity contribution is 0.413. The normalized spacial score (nSPS) is 10.6. The highest BCUT2D eigenvalue weighted by Gasteiger charge is 2.12. The molecule has 0 aromatic heterocycles. The summed E-state index contributed by atoms with van der Waals surface area (Å²) in [5.41, 5.74) is 0.355. The van der Waals surface area contributed by atoms with Gasteiger partial charge in [-0.05, 0) is 18.2 Å². The summed E-state index contributed by atoms with van der Waals surface area (Å²) < 4.78 is 27.6. The fourth-order valence-corrected chi connectivity index (χ4v) is 1.91. The van der Waals surface area contributed by atoms with Gasteiger partial charge in [-0.25, -0.2) is 8.42 Å². The number of benzene rings is 1. The molecule has 3 nitrogen and oxygen atoms in total. The summed E-state index contributed by atoms with van der Waals surface area (Å²) in [6.07, 6.45) is 6.30. The molecule has 0 unspecified atom stereocenters. The van der Waals surface area contributed by atoms with Crippen molar-refractivity contribution < 1.29 is 13.2 Å². The number of rotatable bonds is 2. The minimum Gasteiger partial charge on any atom is -0.497 e. The third kappa shape index (κ3) is 2.06. The highest BCUT2D eigenvalue weighted by Crippen LogP contribution is 2.21. The van der Waals surface area contributed by atoms with Crippen molar-refractivity contribution in [2.75, 3.05) is 13.4 Å². The van der Waals surface area contributed by atoms with Crippen LogP contribution in [0.1, 0.15) is 5.56 Å². The Bertz CT molecular complexity index is 481. The lowest BCUT2D eigenvalue weighted by Crippen LogP contribution is -2.00. The molecule has 1 aromatic carbocycles. The third-order valence-corrected chi connectivity index (χ3v) is 2.88. The summed E-state index contributed by atoms with van der Waals surface area (Å²) in [6, 6.07) is 4.60. The standard InChI is InChI=1S/C10H10O3S/c1-4-8-5-6-9(13-2)7-10(8)14(3,11)12/h1,5-7H,2-3H3. The van der Waals surface area contributed by atoms with Gasteiger partial charge in [-0.2, -0.15) is 0 Å². The Morgan fingerprint density at radius 3 is 2.50 bits per heavy atom. The Balaban J connectivity index is 3.47. The van der Waals surface area contributed by atoms with Gasteiger partial charge in [0, 0.05) is 11.8 Å². The second-order valence-corrected chi connectivity index (χ2v) is 4.76. The Hall–Kier alpha value is -1.47. The van der Waals surface area contributed by atoms with E-state index in [9.17, 15) is 8.42 Å². The van der Waals surface area contributed by atoms with Crippen LogP contribution >= 0.6 is 0 Å². The molecule has 74 valence electrons. The molecule has 0 amide bonds. The van der Waals surface area contributed by atoms with E-state index in [0.717, 1.165) is 6.26 Å². The second kappa shape index (κ2) is 3.72. The van der Waals surface area contributed by atoms with Crippen molar-refractivity contribution in [1.29, 1.82) is 0 Å². The van der Waals surface area contributed by atoms with Crippen molar-refractivity contribution in [3.63, 3.8) is 0 Å². The fraction of sp³-hybridized carbons (Fsp3) is 0.200. The minimum atomic E-state index is -3.30. The minimum absolute atomic E-state index is 0.124. The first-order chi connectivity index (χ1) is 6.49. The smallest absolute Gasteiger partial charge is 0.176 e. The number of methoxy groups -OCH3 is 1. The molecule has 14 heavy (non-hydrogen) atoms. The van der Waals surface area contributed by atoms with Crippen molar-refractivity contribution in [2.45, 2.75) is 4.90 Å². The van der Waals surface area contributed by atoms with Crippen molar-refractivity contribution in [1.82, 2.24) is 0 Å². The van der Waals surface area contributed by atoms with Gasteiger partial charge in [0.05, 0.1) is 12.0 Å². The average Bonchev–Trinajstić information content (AvgIpc) is 2.15. The van der Waals surface area contributed by atoms with Crippen LogP contribution in [0.2, 0.25) is 0 Å². The summed E-state index contributed by atoms with van der Waals surface area (Å²) in [5.74, 6) is 2.80. The zero-order chi connectivity index (χ0) is 10.8. The van der Waals surface area contributed by atoms with Crippen LogP contribution in [0.15, 0.2) is 23.1 Å². The highest BCUT2D eigenvalue weighted by molar-refractivity contribution is 7.90. The number of hydrogen-bond donors (Lipinski definition) is 0. The topological polar surface area (TPSA) is 43.4 Å². The fourth-order valence-electron chi connectivity index (χ4n) is 1.06. The van der Waals surface area contributed by atoms with Crippen molar-refractivity contribution in [3.8, 4) is 18.1 Å². The number of sulfone groups is 1. The first-order valence-corrected chi connectivity index (χ1v) is 5.73. The molecule has 0 heterocycles. The zero-order valence-electron chi connectivity index (χ0n) is 7.94. The van der Waals surface area contributed by atoms with Crippen LogP contribution in [0.4, 0.5) is 0 Å². The molecule has 0 aliphatic heterocycles. The maximum absolute atomic E-state index is 11.3. The molecule has 0 atom stereocenters. The Kier molecular flexibility index (Phi) is 2.82. The molecule has 0 radical (unpaired) electrons. The number of ether oxygens (including phenoxy) is 1. The molecule has 0 aliphatic rings. The van der Waals surface area contributed by atoms with E-state index < -0.39 is 9.84 Å². The van der Waals surface area contributed by atoms with E-state index in [1.165, 1.54) is 13.2 Å². The van der Waals surface area contributed by atoms with Gasteiger partial charge in [0.2, 0.25) is 0 Å². The first-order valence-electron chi connectivity index (χ1n) is 3.83. The van der Waals surface area contributed by atoms with Crippen LogP contribution in [0, 0.1) is 12.3 Å². The zero-order valence-corrected chi connectivity index (χ0v) is 8.76. The highest BCUT2D eigenvalue weighted by atomic mass is 32.2. The van der Waals surface area contributed by atoms with E-state index in [4.69, 9.17) is 11.2 Å². The van der Waals surface area contributed by atoms with Crippen molar-refractivity contribution >= 4 is 9.84 Å². The van der Waals surface area contributed by atoms with Crippen LogP contribution in [-0.4, -0.2) is 21.8 Å². The molecule has 1 rings (SSSR count). The molecule has 0 fully saturated rings. The molecule has 0 saturated heterocycles. The van der Waals surface area contributed by atoms with Crippen LogP contribution in [-0.2, 0) is 9.84 Å². The van der Waals surface area contributed by atoms with Crippen molar-refractivity contribution in [3.05, 3.63) is 23.8 Å². The van der Waals surface area contributed by atoms with Crippen LogP contribution in [0.5, 0.6) is 5.75 Å². The van der Waals surface area contributed by atoms with Crippen LogP contribution in [0.3, 0.4) is 0 Å². The second-order valence-electron chi connectivity index (χ2n) is 2.78. The molecule has 0 saturated carbocycles. The molecule has 0 bridgehead atoms. The predicted octanol–water partition coefficient (Wildman–Crippen LogP) is 1.08. The van der Waals surface area contributed by atoms with Gasteiger partial charge in [0.15, 0.2) is 9.84 Å². The molecule has 0 aliphatic carbocycles. The van der Waals surface area contributed by atoms with Crippen LogP contribution in [0.25, 0.3) is 0 Å². The third-order valence-electron chi connectivity index (χ3n) is 1.74. The lowest BCUT2D eigenvalue weighted by Gasteiger charge is -2.05. The van der Waals surface area contributed by atoms with Gasteiger partial charge in [0.1, 0.15) is 5.75 Å². The van der Waals surface area contributed by atoms with E-state index in [0.29, 0.717) is 11.3 Å². The van der Waals surface area contributed by atoms with E-state index in [1.807, 2.05) is 0 Å². The Labute approximate surface area is 83.6 Å². The summed E-state index contributed by atoms with van der Waals surface area (Å²) in [5, 5.41) is 0. The summed E-state index contributed by atoms with van der Waals surface area (Å²) >= 11 is 0. The molecular formula is C10H10O3S. The van der Waals surface area contributed by atoms with E-state index >= 15 is 0 Å². The summed E-state index contributed by atoms with van der Waals surface area (Å²) in [7, 11) is -1.83. The molecule has 1 aromatic rings. The van der Waals surface area contributed by atoms with Gasteiger partial charge >= 0.3 is 0 Å².